The molecule has 0 atom stereocenters. The lowest BCUT2D eigenvalue weighted by Crippen LogP contribution is -2.21. The summed E-state index contributed by atoms with van der Waals surface area (Å²) >= 11 is 0. The van der Waals surface area contributed by atoms with E-state index in [1.54, 1.807) is 0 Å². The first-order valence-electron chi connectivity index (χ1n) is 19.3. The molecule has 272 valence electrons. The fraction of sp³-hybridized carbons (Fsp3) is 0. The highest BCUT2D eigenvalue weighted by Gasteiger charge is 2.28. The van der Waals surface area contributed by atoms with Crippen LogP contribution in [0.1, 0.15) is 16.7 Å². The fourth-order valence-corrected chi connectivity index (χ4v) is 7.81. The molecular weight excluding hydrogens is 707 g/mol. The van der Waals surface area contributed by atoms with Crippen LogP contribution in [-0.2, 0) is 0 Å². The molecule has 0 amide bonds. The number of nitrogens with zero attached hydrogens (tertiary/aromatic N) is 3. The Morgan fingerprint density at radius 1 is 0.345 bits per heavy atom. The normalized spacial score (nSPS) is 12.3. The molecule has 10 rings (SSSR count). The molecule has 0 unspecified atom stereocenters. The number of para-hydroxylation sites is 1. The Balaban J connectivity index is 1.10. The van der Waals surface area contributed by atoms with E-state index in [2.05, 4.69) is 84.9 Å². The van der Waals surface area contributed by atoms with Gasteiger partial charge in [-0.1, -0.05) is 164 Å². The molecule has 0 spiro atoms. The van der Waals surface area contributed by atoms with Crippen LogP contribution in [0.4, 0.5) is 0 Å². The van der Waals surface area contributed by atoms with E-state index in [0.717, 1.165) is 89.2 Å². The van der Waals surface area contributed by atoms with Crippen molar-refractivity contribution in [3.8, 4) is 67.4 Å². The zero-order valence-electron chi connectivity index (χ0n) is 31.4. The minimum absolute atomic E-state index is 0.179. The standard InChI is InChI=1S/C53H35N5/c54-50-44(32-45-49(51(50)55)43-23-13-14-24-46(43)56-52(45)38-19-9-3-10-20-38)36-25-27-37(28-26-36)47-33-48(58-53(57-47)39-21-11-4-12-22-39)42-30-40(34-15-5-1-6-16-34)29-41(31-42)35-17-7-2-8-18-35/h1-33,54-55H. The van der Waals surface area contributed by atoms with Gasteiger partial charge in [0.15, 0.2) is 5.82 Å². The van der Waals surface area contributed by atoms with Crippen LogP contribution in [0, 0.1) is 10.8 Å². The summed E-state index contributed by atoms with van der Waals surface area (Å²) in [5.74, 6) is 0.638. The lowest BCUT2D eigenvalue weighted by molar-refractivity contribution is 1.18. The molecule has 2 aromatic heterocycles. The van der Waals surface area contributed by atoms with Crippen molar-refractivity contribution >= 4 is 34.0 Å². The van der Waals surface area contributed by atoms with Crippen molar-refractivity contribution in [1.29, 1.82) is 10.8 Å². The molecule has 2 heterocycles. The zero-order valence-corrected chi connectivity index (χ0v) is 31.4. The van der Waals surface area contributed by atoms with Crippen LogP contribution in [-0.4, -0.2) is 26.4 Å². The molecule has 2 N–H and O–H groups in total. The highest BCUT2D eigenvalue weighted by atomic mass is 14.9. The van der Waals surface area contributed by atoms with E-state index in [9.17, 15) is 10.8 Å². The predicted molar refractivity (Wildman–Crippen MR) is 239 cm³/mol. The summed E-state index contributed by atoms with van der Waals surface area (Å²) in [6.45, 7) is 0. The number of aromatic nitrogens is 3. The van der Waals surface area contributed by atoms with Gasteiger partial charge in [0.25, 0.3) is 0 Å². The summed E-state index contributed by atoms with van der Waals surface area (Å²) < 4.78 is 0. The molecule has 1 aliphatic carbocycles. The number of hydrogen-bond donors (Lipinski definition) is 2. The fourth-order valence-electron chi connectivity index (χ4n) is 7.81. The monoisotopic (exact) mass is 741 g/mol. The number of pyridine rings is 1. The van der Waals surface area contributed by atoms with E-state index in [1.807, 2.05) is 115 Å². The third-order valence-corrected chi connectivity index (χ3v) is 10.7. The number of hydrogen-bond acceptors (Lipinski definition) is 5. The molecular formula is C53H35N5. The Labute approximate surface area is 336 Å². The first kappa shape index (κ1) is 34.6. The van der Waals surface area contributed by atoms with Gasteiger partial charge in [0, 0.05) is 44.3 Å². The van der Waals surface area contributed by atoms with Crippen LogP contribution < -0.4 is 0 Å². The van der Waals surface area contributed by atoms with Gasteiger partial charge in [-0.15, -0.1) is 0 Å². The maximum Gasteiger partial charge on any atom is 0.160 e. The lowest BCUT2D eigenvalue weighted by atomic mass is 9.82. The number of rotatable bonds is 7. The second-order valence-electron chi connectivity index (χ2n) is 14.4. The van der Waals surface area contributed by atoms with Gasteiger partial charge in [-0.25, -0.2) is 15.0 Å². The third kappa shape index (κ3) is 6.41. The Kier molecular flexibility index (Phi) is 8.73. The largest absolute Gasteiger partial charge is 0.298 e. The van der Waals surface area contributed by atoms with Crippen molar-refractivity contribution in [3.63, 3.8) is 0 Å². The van der Waals surface area contributed by atoms with E-state index in [4.69, 9.17) is 15.0 Å². The van der Waals surface area contributed by atoms with Crippen molar-refractivity contribution in [1.82, 2.24) is 15.0 Å². The van der Waals surface area contributed by atoms with Crippen molar-refractivity contribution in [3.05, 3.63) is 211 Å². The predicted octanol–water partition coefficient (Wildman–Crippen LogP) is 13.0. The minimum atomic E-state index is 0.179. The summed E-state index contributed by atoms with van der Waals surface area (Å²) in [6.07, 6.45) is 2.03. The molecule has 0 fully saturated rings. The smallest absolute Gasteiger partial charge is 0.160 e. The lowest BCUT2D eigenvalue weighted by Gasteiger charge is -2.23. The molecule has 0 bridgehead atoms. The van der Waals surface area contributed by atoms with Crippen LogP contribution in [0.5, 0.6) is 0 Å². The van der Waals surface area contributed by atoms with Crippen LogP contribution in [0.15, 0.2) is 194 Å². The quantitative estimate of drug-likeness (QED) is 0.170. The van der Waals surface area contributed by atoms with Crippen molar-refractivity contribution in [2.75, 3.05) is 0 Å². The Morgan fingerprint density at radius 2 is 0.828 bits per heavy atom. The number of fused-ring (bicyclic) bond motifs is 3. The molecule has 0 saturated carbocycles. The summed E-state index contributed by atoms with van der Waals surface area (Å²) in [5.41, 5.74) is 15.0. The van der Waals surface area contributed by atoms with Crippen molar-refractivity contribution in [2.45, 2.75) is 0 Å². The highest BCUT2D eigenvalue weighted by Crippen LogP contribution is 2.39. The van der Waals surface area contributed by atoms with Crippen molar-refractivity contribution < 1.29 is 0 Å². The summed E-state index contributed by atoms with van der Waals surface area (Å²) in [6, 6.07) is 65.8. The van der Waals surface area contributed by atoms with Crippen LogP contribution in [0.2, 0.25) is 0 Å². The van der Waals surface area contributed by atoms with E-state index in [1.165, 1.54) is 0 Å². The maximum atomic E-state index is 9.31. The minimum Gasteiger partial charge on any atom is -0.298 e. The first-order chi connectivity index (χ1) is 28.6. The van der Waals surface area contributed by atoms with Gasteiger partial charge in [-0.3, -0.25) is 10.8 Å². The molecule has 0 radical (unpaired) electrons. The number of benzene rings is 7. The topological polar surface area (TPSA) is 86.4 Å². The van der Waals surface area contributed by atoms with Gasteiger partial charge in [-0.05, 0) is 64.2 Å². The van der Waals surface area contributed by atoms with Crippen molar-refractivity contribution in [2.24, 2.45) is 0 Å². The average Bonchev–Trinajstić information content (AvgIpc) is 3.30. The number of allylic oxidation sites excluding steroid dienone is 1. The Morgan fingerprint density at radius 3 is 1.43 bits per heavy atom. The Bertz CT molecular complexity index is 2990. The van der Waals surface area contributed by atoms with E-state index < -0.39 is 0 Å². The molecule has 5 heteroatoms. The second-order valence-corrected chi connectivity index (χ2v) is 14.4. The van der Waals surface area contributed by atoms with E-state index in [-0.39, 0.29) is 11.4 Å². The highest BCUT2D eigenvalue weighted by molar-refractivity contribution is 6.64. The molecule has 0 saturated heterocycles. The maximum absolute atomic E-state index is 9.31. The summed E-state index contributed by atoms with van der Waals surface area (Å²) in [4.78, 5) is 15.4. The molecule has 5 nitrogen and oxygen atoms in total. The molecule has 1 aliphatic rings. The second kappa shape index (κ2) is 14.6. The van der Waals surface area contributed by atoms with Crippen LogP contribution >= 0.6 is 0 Å². The molecule has 58 heavy (non-hydrogen) atoms. The van der Waals surface area contributed by atoms with Crippen LogP contribution in [0.3, 0.4) is 0 Å². The SMILES string of the molecule is N=C1C(=N)c2c(c(-c3ccccc3)nc3ccccc23)C=C1c1ccc(-c2cc(-c3cc(-c4ccccc4)cc(-c4ccccc4)c3)nc(-c3ccccc3)n2)cc1. The van der Waals surface area contributed by atoms with Gasteiger partial charge < -0.3 is 0 Å². The van der Waals surface area contributed by atoms with Gasteiger partial charge in [-0.2, -0.15) is 0 Å². The van der Waals surface area contributed by atoms with Gasteiger partial charge >= 0.3 is 0 Å². The summed E-state index contributed by atoms with van der Waals surface area (Å²) in [5, 5.41) is 19.4. The molecule has 7 aromatic carbocycles. The number of nitrogens with one attached hydrogen (secondary N) is 2. The van der Waals surface area contributed by atoms with Gasteiger partial charge in [0.05, 0.1) is 34.0 Å². The van der Waals surface area contributed by atoms with Crippen LogP contribution in [0.25, 0.3) is 90.0 Å². The third-order valence-electron chi connectivity index (χ3n) is 10.7. The van der Waals surface area contributed by atoms with Gasteiger partial charge in [0.1, 0.15) is 0 Å². The van der Waals surface area contributed by atoms with E-state index >= 15 is 0 Å². The summed E-state index contributed by atoms with van der Waals surface area (Å²) in [7, 11) is 0. The average molecular weight is 742 g/mol. The van der Waals surface area contributed by atoms with E-state index in [0.29, 0.717) is 11.4 Å². The molecule has 9 aromatic rings. The van der Waals surface area contributed by atoms with Gasteiger partial charge in [0.2, 0.25) is 0 Å². The Hall–Kier alpha value is -7.89. The zero-order chi connectivity index (χ0) is 39.0. The molecule has 0 aliphatic heterocycles. The first-order valence-corrected chi connectivity index (χ1v) is 19.3.